The van der Waals surface area contributed by atoms with Gasteiger partial charge in [0.05, 0.1) is 35.2 Å². The third-order valence-corrected chi connectivity index (χ3v) is 10.7. The van der Waals surface area contributed by atoms with Crippen LogP contribution >= 0.6 is 0 Å². The van der Waals surface area contributed by atoms with Crippen molar-refractivity contribution in [3.63, 3.8) is 0 Å². The number of rotatable bonds is 8. The third kappa shape index (κ3) is 6.44. The molecule has 6 heterocycles. The number of alkyl halides is 1. The molecule has 8 rings (SSSR count). The van der Waals surface area contributed by atoms with Crippen LogP contribution in [0.3, 0.4) is 0 Å². The molecule has 3 aliphatic rings. The standard InChI is InChI=1S/C39H35F4N9O2/c1-23-45-14-11-26(47-23)7-9-31(53)52-17-16-50(21-27(52)10-13-44)37-29-19-46-35(28-5-2-4-24-6-8-30(41)33(42)32(24)28)34(43)36(29)48-38(49-37)54-22-39-12-3-15-51(39)20-25(40)18-39/h2,4-9,11,14,19,25,27H,3,10,12,15-18,20-22H2,1H3/b9-7+/t25-,27+,39+/m1/s1. The number of hydrogen-bond donors (Lipinski definition) is 0. The van der Waals surface area contributed by atoms with Gasteiger partial charge in [-0.2, -0.15) is 15.2 Å². The molecule has 0 bridgehead atoms. The van der Waals surface area contributed by atoms with Crippen molar-refractivity contribution in [2.75, 3.05) is 44.2 Å². The van der Waals surface area contributed by atoms with Gasteiger partial charge in [0.15, 0.2) is 17.5 Å². The number of fused-ring (bicyclic) bond motifs is 3. The number of carbonyl (C=O) groups excluding carboxylic acids is 1. The largest absolute Gasteiger partial charge is 0.461 e. The van der Waals surface area contributed by atoms with E-state index in [1.165, 1.54) is 24.4 Å². The molecule has 2 aromatic carbocycles. The predicted octanol–water partition coefficient (Wildman–Crippen LogP) is 5.96. The third-order valence-electron chi connectivity index (χ3n) is 10.7. The summed E-state index contributed by atoms with van der Waals surface area (Å²) in [6.07, 6.45) is 6.94. The molecule has 0 radical (unpaired) electrons. The smallest absolute Gasteiger partial charge is 0.319 e. The first kappa shape index (κ1) is 35.3. The Bertz CT molecular complexity index is 2350. The summed E-state index contributed by atoms with van der Waals surface area (Å²) in [5.74, 6) is -2.58. The Morgan fingerprint density at radius 2 is 1.93 bits per heavy atom. The second-order valence-corrected chi connectivity index (χ2v) is 14.0. The zero-order valence-corrected chi connectivity index (χ0v) is 29.4. The average Bonchev–Trinajstić information content (AvgIpc) is 3.70. The van der Waals surface area contributed by atoms with Crippen molar-refractivity contribution in [3.05, 3.63) is 83.8 Å². The summed E-state index contributed by atoms with van der Waals surface area (Å²) < 4.78 is 67.3. The monoisotopic (exact) mass is 737 g/mol. The van der Waals surface area contributed by atoms with Crippen molar-refractivity contribution < 1.29 is 27.1 Å². The summed E-state index contributed by atoms with van der Waals surface area (Å²) in [7, 11) is 0. The average molecular weight is 738 g/mol. The topological polar surface area (TPSA) is 124 Å². The van der Waals surface area contributed by atoms with E-state index in [-0.39, 0.29) is 77.9 Å². The highest BCUT2D eigenvalue weighted by Gasteiger charge is 2.49. The molecule has 54 heavy (non-hydrogen) atoms. The van der Waals surface area contributed by atoms with Gasteiger partial charge < -0.3 is 14.5 Å². The summed E-state index contributed by atoms with van der Waals surface area (Å²) in [6.45, 7) is 3.54. The molecule has 11 nitrogen and oxygen atoms in total. The lowest BCUT2D eigenvalue weighted by atomic mass is 9.95. The number of pyridine rings is 1. The van der Waals surface area contributed by atoms with Crippen LogP contribution in [-0.4, -0.2) is 97.7 Å². The van der Waals surface area contributed by atoms with Gasteiger partial charge >= 0.3 is 6.01 Å². The Morgan fingerprint density at radius 1 is 1.06 bits per heavy atom. The number of benzene rings is 2. The highest BCUT2D eigenvalue weighted by atomic mass is 19.2. The molecule has 0 N–H and O–H groups in total. The van der Waals surface area contributed by atoms with Gasteiger partial charge in [0.2, 0.25) is 5.91 Å². The zero-order chi connectivity index (χ0) is 37.6. The molecule has 5 aromatic rings. The van der Waals surface area contributed by atoms with Crippen LogP contribution in [0.4, 0.5) is 23.4 Å². The normalized spacial score (nSPS) is 21.6. The fourth-order valence-corrected chi connectivity index (χ4v) is 8.11. The minimum atomic E-state index is -1.13. The van der Waals surface area contributed by atoms with Gasteiger partial charge in [-0.1, -0.05) is 24.3 Å². The van der Waals surface area contributed by atoms with Crippen LogP contribution < -0.4 is 9.64 Å². The molecule has 15 heteroatoms. The van der Waals surface area contributed by atoms with Crippen LogP contribution in [0, 0.1) is 35.7 Å². The van der Waals surface area contributed by atoms with Crippen LogP contribution in [0.5, 0.6) is 6.01 Å². The van der Waals surface area contributed by atoms with Crippen LogP contribution in [0.2, 0.25) is 0 Å². The SMILES string of the molecule is Cc1nccc(/C=C/C(=O)N2CCN(c3nc(OC[C@@]45CCCN4C[C@H](F)C5)nc4c(F)c(-c5cccc6ccc(F)c(F)c56)ncc34)C[C@@H]2CC#N)n1. The molecule has 3 aliphatic heterocycles. The summed E-state index contributed by atoms with van der Waals surface area (Å²) >= 11 is 0. The second kappa shape index (κ2) is 14.2. The number of amides is 1. The lowest BCUT2D eigenvalue weighted by molar-refractivity contribution is -0.128. The maximum absolute atomic E-state index is 16.8. The maximum atomic E-state index is 16.8. The van der Waals surface area contributed by atoms with E-state index in [0.717, 1.165) is 25.5 Å². The number of aromatic nitrogens is 5. The van der Waals surface area contributed by atoms with Gasteiger partial charge in [0, 0.05) is 62.0 Å². The molecular formula is C39H35F4N9O2. The van der Waals surface area contributed by atoms with E-state index >= 15 is 8.78 Å². The van der Waals surface area contributed by atoms with E-state index in [4.69, 9.17) is 9.72 Å². The van der Waals surface area contributed by atoms with E-state index in [2.05, 4.69) is 30.9 Å². The predicted molar refractivity (Wildman–Crippen MR) is 192 cm³/mol. The first-order valence-electron chi connectivity index (χ1n) is 17.8. The van der Waals surface area contributed by atoms with Gasteiger partial charge in [0.1, 0.15) is 35.6 Å². The van der Waals surface area contributed by atoms with E-state index in [1.807, 2.05) is 4.90 Å². The van der Waals surface area contributed by atoms with Gasteiger partial charge in [0.25, 0.3) is 0 Å². The van der Waals surface area contributed by atoms with E-state index < -0.39 is 35.2 Å². The minimum Gasteiger partial charge on any atom is -0.461 e. The van der Waals surface area contributed by atoms with E-state index in [9.17, 15) is 18.8 Å². The molecule has 3 saturated heterocycles. The van der Waals surface area contributed by atoms with Gasteiger partial charge in [-0.3, -0.25) is 14.7 Å². The van der Waals surface area contributed by atoms with Crippen molar-refractivity contribution in [2.45, 2.75) is 50.4 Å². The Balaban J connectivity index is 1.17. The molecule has 276 valence electrons. The number of nitriles is 1. The highest BCUT2D eigenvalue weighted by Crippen LogP contribution is 2.41. The Kier molecular flexibility index (Phi) is 9.31. The minimum absolute atomic E-state index is 0.0117. The van der Waals surface area contributed by atoms with Crippen molar-refractivity contribution in [2.24, 2.45) is 0 Å². The first-order valence-corrected chi connectivity index (χ1v) is 17.8. The van der Waals surface area contributed by atoms with E-state index in [0.29, 0.717) is 29.9 Å². The number of piperazine rings is 1. The van der Waals surface area contributed by atoms with Crippen molar-refractivity contribution >= 4 is 39.5 Å². The van der Waals surface area contributed by atoms with Crippen molar-refractivity contribution in [3.8, 4) is 23.3 Å². The summed E-state index contributed by atoms with van der Waals surface area (Å²) in [5.41, 5.74) is -0.336. The molecule has 0 spiro atoms. The number of ether oxygens (including phenoxy) is 1. The highest BCUT2D eigenvalue weighted by molar-refractivity contribution is 5.99. The molecule has 0 aliphatic carbocycles. The number of nitrogens with zero attached hydrogens (tertiary/aromatic N) is 9. The molecule has 3 aromatic heterocycles. The van der Waals surface area contributed by atoms with Gasteiger partial charge in [-0.25, -0.2) is 27.5 Å². The van der Waals surface area contributed by atoms with Gasteiger partial charge in [-0.05, 0) is 49.9 Å². The Hall–Kier alpha value is -5.75. The summed E-state index contributed by atoms with van der Waals surface area (Å²) in [4.78, 5) is 40.9. The number of carbonyl (C=O) groups is 1. The molecule has 0 unspecified atom stereocenters. The molecule has 3 atom stereocenters. The summed E-state index contributed by atoms with van der Waals surface area (Å²) in [6, 6.07) is 10.2. The maximum Gasteiger partial charge on any atom is 0.319 e. The Morgan fingerprint density at radius 3 is 2.76 bits per heavy atom. The van der Waals surface area contributed by atoms with Crippen LogP contribution in [0.1, 0.15) is 37.2 Å². The summed E-state index contributed by atoms with van der Waals surface area (Å²) in [5, 5.41) is 10.2. The molecule has 3 fully saturated rings. The number of anilines is 1. The number of aryl methyl sites for hydroxylation is 1. The lowest BCUT2D eigenvalue weighted by Crippen LogP contribution is -2.55. The lowest BCUT2D eigenvalue weighted by Gasteiger charge is -2.41. The second-order valence-electron chi connectivity index (χ2n) is 14.0. The van der Waals surface area contributed by atoms with Crippen molar-refractivity contribution in [1.29, 1.82) is 5.26 Å². The van der Waals surface area contributed by atoms with Crippen molar-refractivity contribution in [1.82, 2.24) is 34.7 Å². The number of hydrogen-bond acceptors (Lipinski definition) is 10. The van der Waals surface area contributed by atoms with E-state index in [1.54, 1.807) is 42.3 Å². The van der Waals surface area contributed by atoms with Gasteiger partial charge in [-0.15, -0.1) is 0 Å². The quantitative estimate of drug-likeness (QED) is 0.139. The fourth-order valence-electron chi connectivity index (χ4n) is 8.11. The molecule has 0 saturated carbocycles. The number of halogens is 4. The van der Waals surface area contributed by atoms with Crippen LogP contribution in [0.15, 0.2) is 54.9 Å². The molecular weight excluding hydrogens is 702 g/mol. The first-order chi connectivity index (χ1) is 26.1. The van der Waals surface area contributed by atoms with Crippen LogP contribution in [-0.2, 0) is 4.79 Å². The van der Waals surface area contributed by atoms with Crippen LogP contribution in [0.25, 0.3) is 39.0 Å². The molecule has 1 amide bonds. The Labute approximate surface area is 307 Å². The zero-order valence-electron chi connectivity index (χ0n) is 29.4. The fraction of sp³-hybridized carbons (Fsp3) is 0.359.